The van der Waals surface area contributed by atoms with Crippen LogP contribution in [-0.2, 0) is 0 Å². The molecule has 0 saturated heterocycles. The lowest BCUT2D eigenvalue weighted by Crippen LogP contribution is -2.27. The molecule has 0 amide bonds. The van der Waals surface area contributed by atoms with E-state index in [1.165, 1.54) is 11.1 Å². The lowest BCUT2D eigenvalue weighted by molar-refractivity contribution is 0.101. The fourth-order valence-electron chi connectivity index (χ4n) is 1.50. The molecule has 1 atom stereocenters. The van der Waals surface area contributed by atoms with Crippen LogP contribution in [0.1, 0.15) is 40.0 Å². The van der Waals surface area contributed by atoms with Crippen LogP contribution in [0.25, 0.3) is 0 Å². The quantitative estimate of drug-likeness (QED) is 0.553. The molecule has 0 fully saturated rings. The maximum atomic E-state index is 9.92. The highest BCUT2D eigenvalue weighted by molar-refractivity contribution is 5.40. The number of aliphatic hydroxyl groups excluding tert-OH is 1. The third-order valence-electron chi connectivity index (χ3n) is 3.04. The van der Waals surface area contributed by atoms with E-state index in [1.54, 1.807) is 0 Å². The second kappa shape index (κ2) is 4.68. The highest BCUT2D eigenvalue weighted by Crippen LogP contribution is 2.28. The number of hydrogen-bond donors (Lipinski definition) is 1. The first-order valence-corrected chi connectivity index (χ1v) is 5.46. The Morgan fingerprint density at radius 2 is 2.20 bits per heavy atom. The van der Waals surface area contributed by atoms with Crippen LogP contribution in [0.5, 0.6) is 0 Å². The molecule has 1 aliphatic carbocycles. The second-order valence-electron chi connectivity index (χ2n) is 4.91. The minimum atomic E-state index is -0.573. The molecule has 0 unspecified atom stereocenters. The Labute approximate surface area is 92.9 Å². The SMILES string of the molecule is C=CCC(C)(C)[C@@H](O)C#CC1=C(C)CC1. The van der Waals surface area contributed by atoms with Crippen LogP contribution in [0.4, 0.5) is 0 Å². The van der Waals surface area contributed by atoms with Crippen molar-refractivity contribution in [1.82, 2.24) is 0 Å². The van der Waals surface area contributed by atoms with E-state index in [1.807, 2.05) is 19.9 Å². The molecule has 82 valence electrons. The van der Waals surface area contributed by atoms with Gasteiger partial charge >= 0.3 is 0 Å². The number of aliphatic hydroxyl groups is 1. The Balaban J connectivity index is 2.65. The van der Waals surface area contributed by atoms with Crippen molar-refractivity contribution >= 4 is 0 Å². The zero-order valence-electron chi connectivity index (χ0n) is 9.93. The molecule has 1 aliphatic rings. The maximum absolute atomic E-state index is 9.92. The smallest absolute Gasteiger partial charge is 0.120 e. The molecule has 15 heavy (non-hydrogen) atoms. The summed E-state index contributed by atoms with van der Waals surface area (Å²) in [5, 5.41) is 9.92. The molecule has 0 saturated carbocycles. The van der Waals surface area contributed by atoms with Crippen molar-refractivity contribution in [2.75, 3.05) is 0 Å². The molecule has 0 bridgehead atoms. The van der Waals surface area contributed by atoms with Gasteiger partial charge in [-0.1, -0.05) is 37.3 Å². The number of rotatable bonds is 3. The molecule has 1 heteroatoms. The van der Waals surface area contributed by atoms with Gasteiger partial charge in [-0.05, 0) is 26.2 Å². The molecular weight excluding hydrogens is 184 g/mol. The van der Waals surface area contributed by atoms with Crippen LogP contribution in [-0.4, -0.2) is 11.2 Å². The van der Waals surface area contributed by atoms with Crippen molar-refractivity contribution < 1.29 is 5.11 Å². The summed E-state index contributed by atoms with van der Waals surface area (Å²) in [7, 11) is 0. The predicted molar refractivity (Wildman–Crippen MR) is 64.3 cm³/mol. The van der Waals surface area contributed by atoms with Crippen molar-refractivity contribution in [2.24, 2.45) is 5.41 Å². The summed E-state index contributed by atoms with van der Waals surface area (Å²) >= 11 is 0. The van der Waals surface area contributed by atoms with Crippen molar-refractivity contribution in [1.29, 1.82) is 0 Å². The van der Waals surface area contributed by atoms with Crippen LogP contribution in [0, 0.1) is 17.3 Å². The first-order valence-electron chi connectivity index (χ1n) is 5.46. The minimum Gasteiger partial charge on any atom is -0.380 e. The lowest BCUT2D eigenvalue weighted by atomic mass is 9.83. The highest BCUT2D eigenvalue weighted by Gasteiger charge is 2.24. The Bertz CT molecular complexity index is 336. The Hall–Kier alpha value is -1.00. The van der Waals surface area contributed by atoms with Gasteiger partial charge in [-0.2, -0.15) is 0 Å². The van der Waals surface area contributed by atoms with Gasteiger partial charge in [0.15, 0.2) is 0 Å². The summed E-state index contributed by atoms with van der Waals surface area (Å²) in [6, 6.07) is 0. The van der Waals surface area contributed by atoms with Crippen LogP contribution in [0.3, 0.4) is 0 Å². The summed E-state index contributed by atoms with van der Waals surface area (Å²) < 4.78 is 0. The lowest BCUT2D eigenvalue weighted by Gasteiger charge is -2.25. The predicted octanol–water partition coefficient (Wildman–Crippen LogP) is 3.06. The van der Waals surface area contributed by atoms with Crippen LogP contribution in [0.2, 0.25) is 0 Å². The first kappa shape index (κ1) is 12.1. The van der Waals surface area contributed by atoms with E-state index in [0.29, 0.717) is 0 Å². The molecule has 0 spiro atoms. The normalized spacial score (nSPS) is 17.6. The Kier molecular flexibility index (Phi) is 3.77. The van der Waals surface area contributed by atoms with Gasteiger partial charge in [0, 0.05) is 11.0 Å². The first-order chi connectivity index (χ1) is 6.97. The van der Waals surface area contributed by atoms with Crippen LogP contribution < -0.4 is 0 Å². The molecule has 0 aliphatic heterocycles. The fourth-order valence-corrected chi connectivity index (χ4v) is 1.50. The van der Waals surface area contributed by atoms with Gasteiger partial charge in [0.05, 0.1) is 0 Å². The average Bonchev–Trinajstić information content (AvgIpc) is 2.15. The Morgan fingerprint density at radius 3 is 2.60 bits per heavy atom. The summed E-state index contributed by atoms with van der Waals surface area (Å²) in [5.74, 6) is 6.02. The molecule has 0 radical (unpaired) electrons. The van der Waals surface area contributed by atoms with Crippen molar-refractivity contribution in [3.63, 3.8) is 0 Å². The zero-order valence-corrected chi connectivity index (χ0v) is 9.93. The molecule has 0 aromatic rings. The molecule has 0 heterocycles. The molecule has 0 aromatic carbocycles. The van der Waals surface area contributed by atoms with E-state index in [2.05, 4.69) is 25.3 Å². The molecule has 1 N–H and O–H groups in total. The largest absolute Gasteiger partial charge is 0.380 e. The molecule has 0 aromatic heterocycles. The molecule has 1 rings (SSSR count). The van der Waals surface area contributed by atoms with Gasteiger partial charge < -0.3 is 5.11 Å². The van der Waals surface area contributed by atoms with Crippen LogP contribution in [0.15, 0.2) is 23.8 Å². The van der Waals surface area contributed by atoms with Gasteiger partial charge in [-0.25, -0.2) is 0 Å². The van der Waals surface area contributed by atoms with E-state index >= 15 is 0 Å². The summed E-state index contributed by atoms with van der Waals surface area (Å²) in [5.41, 5.74) is 2.38. The number of allylic oxidation sites excluding steroid dienone is 3. The van der Waals surface area contributed by atoms with Crippen molar-refractivity contribution in [3.8, 4) is 11.8 Å². The molecule has 1 nitrogen and oxygen atoms in total. The van der Waals surface area contributed by atoms with Crippen molar-refractivity contribution in [2.45, 2.75) is 46.1 Å². The van der Waals surface area contributed by atoms with Crippen LogP contribution >= 0.6 is 0 Å². The van der Waals surface area contributed by atoms with E-state index in [-0.39, 0.29) is 5.41 Å². The summed E-state index contributed by atoms with van der Waals surface area (Å²) in [6.07, 6.45) is 4.28. The minimum absolute atomic E-state index is 0.201. The third-order valence-corrected chi connectivity index (χ3v) is 3.04. The average molecular weight is 204 g/mol. The van der Waals surface area contributed by atoms with Gasteiger partial charge in [0.2, 0.25) is 0 Å². The second-order valence-corrected chi connectivity index (χ2v) is 4.91. The molecular formula is C14H20O. The summed E-state index contributed by atoms with van der Waals surface area (Å²) in [4.78, 5) is 0. The zero-order chi connectivity index (χ0) is 11.5. The monoisotopic (exact) mass is 204 g/mol. The van der Waals surface area contributed by atoms with E-state index in [4.69, 9.17) is 0 Å². The Morgan fingerprint density at radius 1 is 1.53 bits per heavy atom. The van der Waals surface area contributed by atoms with Crippen molar-refractivity contribution in [3.05, 3.63) is 23.8 Å². The topological polar surface area (TPSA) is 20.2 Å². The fraction of sp³-hybridized carbons (Fsp3) is 0.571. The van der Waals surface area contributed by atoms with E-state index < -0.39 is 6.10 Å². The van der Waals surface area contributed by atoms with Gasteiger partial charge in [-0.15, -0.1) is 6.58 Å². The standard InChI is InChI=1S/C14H20O/c1-5-10-14(3,4)13(15)9-8-12-7-6-11(12)2/h5,13,15H,1,6-7,10H2,2-4H3/t13-/m0/s1. The summed E-state index contributed by atoms with van der Waals surface area (Å²) in [6.45, 7) is 9.82. The van der Waals surface area contributed by atoms with Gasteiger partial charge in [0.1, 0.15) is 6.10 Å². The van der Waals surface area contributed by atoms with E-state index in [9.17, 15) is 5.11 Å². The number of hydrogen-bond acceptors (Lipinski definition) is 1. The third kappa shape index (κ3) is 2.97. The van der Waals surface area contributed by atoms with Gasteiger partial charge in [0.25, 0.3) is 0 Å². The highest BCUT2D eigenvalue weighted by atomic mass is 16.3. The van der Waals surface area contributed by atoms with E-state index in [0.717, 1.165) is 19.3 Å². The maximum Gasteiger partial charge on any atom is 0.120 e. The van der Waals surface area contributed by atoms with Gasteiger partial charge in [-0.3, -0.25) is 0 Å².